The van der Waals surface area contributed by atoms with E-state index in [1.165, 1.54) is 0 Å². The molecular formula is C40H44N6O4. The highest BCUT2D eigenvalue weighted by molar-refractivity contribution is 6.07. The molecule has 10 nitrogen and oxygen atoms in total. The number of benzene rings is 4. The zero-order chi connectivity index (χ0) is 34.9. The molecule has 10 heteroatoms. The Morgan fingerprint density at radius 2 is 1.06 bits per heavy atom. The third-order valence-electron chi connectivity index (χ3n) is 9.70. The number of fused-ring (bicyclic) bond motifs is 6. The predicted molar refractivity (Wildman–Crippen MR) is 196 cm³/mol. The van der Waals surface area contributed by atoms with Crippen molar-refractivity contribution in [1.29, 1.82) is 0 Å². The number of likely N-dealkylation sites (tertiary alicyclic amines) is 2. The molecule has 0 spiro atoms. The van der Waals surface area contributed by atoms with Gasteiger partial charge in [0.15, 0.2) is 0 Å². The molecule has 2 fully saturated rings. The number of aromatic nitrogens is 4. The first-order valence-corrected chi connectivity index (χ1v) is 17.7. The number of hydrogen-bond donors (Lipinski definition) is 2. The number of imidazole rings is 2. The highest BCUT2D eigenvalue weighted by Crippen LogP contribution is 2.37. The Labute approximate surface area is 291 Å². The quantitative estimate of drug-likeness (QED) is 0.193. The largest absolute Gasteiger partial charge is 0.444 e. The minimum atomic E-state index is -0.548. The zero-order valence-corrected chi connectivity index (χ0v) is 29.6. The molecule has 4 aromatic carbocycles. The van der Waals surface area contributed by atoms with Crippen LogP contribution in [0.4, 0.5) is 9.59 Å². The summed E-state index contributed by atoms with van der Waals surface area (Å²) in [6, 6.07) is 21.1. The number of carbonyl (C=O) groups is 2. The monoisotopic (exact) mass is 672 g/mol. The van der Waals surface area contributed by atoms with Gasteiger partial charge in [-0.25, -0.2) is 19.6 Å². The Kier molecular flexibility index (Phi) is 7.54. The molecule has 2 atom stereocenters. The first-order chi connectivity index (χ1) is 23.8. The minimum Gasteiger partial charge on any atom is -0.444 e. The number of ether oxygens (including phenoxy) is 2. The lowest BCUT2D eigenvalue weighted by Crippen LogP contribution is -2.36. The molecule has 0 bridgehead atoms. The van der Waals surface area contributed by atoms with Crippen molar-refractivity contribution in [3.63, 3.8) is 0 Å². The maximum Gasteiger partial charge on any atom is 0.410 e. The molecule has 50 heavy (non-hydrogen) atoms. The lowest BCUT2D eigenvalue weighted by atomic mass is 9.98. The molecule has 2 amide bonds. The van der Waals surface area contributed by atoms with Crippen molar-refractivity contribution in [2.45, 2.75) is 90.5 Å². The van der Waals surface area contributed by atoms with Crippen molar-refractivity contribution in [1.82, 2.24) is 29.7 Å². The average Bonchev–Trinajstić information content (AvgIpc) is 3.87. The third kappa shape index (κ3) is 5.90. The summed E-state index contributed by atoms with van der Waals surface area (Å²) in [5.74, 6) is 1.60. The first-order valence-electron chi connectivity index (χ1n) is 17.7. The maximum absolute atomic E-state index is 13.0. The van der Waals surface area contributed by atoms with Gasteiger partial charge < -0.3 is 19.4 Å². The molecule has 2 aliphatic heterocycles. The Hall–Kier alpha value is -5.12. The summed E-state index contributed by atoms with van der Waals surface area (Å²) < 4.78 is 11.4. The van der Waals surface area contributed by atoms with Crippen LogP contribution in [-0.2, 0) is 9.47 Å². The van der Waals surface area contributed by atoms with Gasteiger partial charge in [0.2, 0.25) is 0 Å². The smallest absolute Gasteiger partial charge is 0.410 e. The van der Waals surface area contributed by atoms with Crippen LogP contribution in [0.2, 0.25) is 0 Å². The van der Waals surface area contributed by atoms with E-state index in [-0.39, 0.29) is 24.3 Å². The summed E-state index contributed by atoms with van der Waals surface area (Å²) in [5.41, 5.74) is 4.85. The van der Waals surface area contributed by atoms with Gasteiger partial charge in [-0.3, -0.25) is 9.80 Å². The van der Waals surface area contributed by atoms with Crippen molar-refractivity contribution in [3.8, 4) is 11.1 Å². The SMILES string of the molecule is CC(C)(C)OC(=O)N1CCC[C@H]1c1nc2c(ccc3cc(-c4ccc5c(ccc6[nH]c([C@@H]7CCCN7C(=O)OC(C)(C)C)nc65)c4)ccc32)[nH]1. The highest BCUT2D eigenvalue weighted by Gasteiger charge is 2.36. The molecular weight excluding hydrogens is 628 g/mol. The Bertz CT molecular complexity index is 2130. The van der Waals surface area contributed by atoms with Gasteiger partial charge in [-0.05, 0) is 113 Å². The molecule has 2 N–H and O–H groups in total. The Morgan fingerprint density at radius 1 is 0.640 bits per heavy atom. The molecule has 8 rings (SSSR count). The van der Waals surface area contributed by atoms with Gasteiger partial charge in [0, 0.05) is 23.9 Å². The molecule has 0 saturated carbocycles. The van der Waals surface area contributed by atoms with Crippen molar-refractivity contribution in [2.24, 2.45) is 0 Å². The molecule has 2 saturated heterocycles. The van der Waals surface area contributed by atoms with E-state index in [2.05, 4.69) is 70.6 Å². The van der Waals surface area contributed by atoms with E-state index in [9.17, 15) is 9.59 Å². The van der Waals surface area contributed by atoms with Crippen molar-refractivity contribution < 1.29 is 19.1 Å². The van der Waals surface area contributed by atoms with E-state index in [4.69, 9.17) is 19.4 Å². The zero-order valence-electron chi connectivity index (χ0n) is 29.6. The van der Waals surface area contributed by atoms with E-state index >= 15 is 0 Å². The maximum atomic E-state index is 13.0. The van der Waals surface area contributed by atoms with Gasteiger partial charge in [-0.15, -0.1) is 0 Å². The Balaban J connectivity index is 1.07. The molecule has 0 aliphatic carbocycles. The minimum absolute atomic E-state index is 0.136. The lowest BCUT2D eigenvalue weighted by molar-refractivity contribution is 0.0208. The number of aromatic amines is 2. The summed E-state index contributed by atoms with van der Waals surface area (Å²) in [7, 11) is 0. The topological polar surface area (TPSA) is 116 Å². The van der Waals surface area contributed by atoms with Crippen LogP contribution in [0.5, 0.6) is 0 Å². The van der Waals surface area contributed by atoms with Crippen LogP contribution < -0.4 is 0 Å². The van der Waals surface area contributed by atoms with Crippen LogP contribution in [0, 0.1) is 0 Å². The van der Waals surface area contributed by atoms with E-state index in [0.717, 1.165) is 92.1 Å². The summed E-state index contributed by atoms with van der Waals surface area (Å²) in [5, 5.41) is 4.33. The van der Waals surface area contributed by atoms with Gasteiger partial charge in [0.1, 0.15) is 22.9 Å². The fourth-order valence-corrected chi connectivity index (χ4v) is 7.50. The normalized spacial score (nSPS) is 18.6. The molecule has 258 valence electrons. The summed E-state index contributed by atoms with van der Waals surface area (Å²) in [6.07, 6.45) is 2.93. The van der Waals surface area contributed by atoms with Crippen LogP contribution >= 0.6 is 0 Å². The van der Waals surface area contributed by atoms with Gasteiger partial charge in [0.25, 0.3) is 0 Å². The van der Waals surface area contributed by atoms with Crippen LogP contribution in [0.15, 0.2) is 60.7 Å². The summed E-state index contributed by atoms with van der Waals surface area (Å²) in [4.78, 5) is 46.6. The number of nitrogens with zero attached hydrogens (tertiary/aromatic N) is 4. The second kappa shape index (κ2) is 11.7. The summed E-state index contributed by atoms with van der Waals surface area (Å²) in [6.45, 7) is 12.7. The van der Waals surface area contributed by atoms with E-state index in [0.29, 0.717) is 13.1 Å². The van der Waals surface area contributed by atoms with Gasteiger partial charge in [0.05, 0.1) is 34.2 Å². The number of amides is 2. The molecule has 0 radical (unpaired) electrons. The van der Waals surface area contributed by atoms with Crippen molar-refractivity contribution in [2.75, 3.05) is 13.1 Å². The summed E-state index contributed by atoms with van der Waals surface area (Å²) >= 11 is 0. The number of rotatable bonds is 3. The second-order valence-corrected chi connectivity index (χ2v) is 15.7. The molecule has 6 aromatic rings. The third-order valence-corrected chi connectivity index (χ3v) is 9.70. The molecule has 2 aliphatic rings. The molecule has 2 aromatic heterocycles. The van der Waals surface area contributed by atoms with Gasteiger partial charge in [-0.1, -0.05) is 36.4 Å². The molecule has 0 unspecified atom stereocenters. The van der Waals surface area contributed by atoms with Crippen LogP contribution in [0.25, 0.3) is 54.7 Å². The molecule has 4 heterocycles. The Morgan fingerprint density at radius 3 is 1.46 bits per heavy atom. The van der Waals surface area contributed by atoms with Gasteiger partial charge >= 0.3 is 12.2 Å². The average molecular weight is 673 g/mol. The standard InChI is InChI=1S/C40H44N6O4/c1-39(2,3)49-37(47)45-19-7-9-31(45)35-41-29-17-13-25-21-23(11-15-27(25)33(29)43-35)24-12-16-28-26(22-24)14-18-30-34(28)44-36(42-30)32-10-8-20-46(32)38(48)50-40(4,5)6/h11-18,21-22,31-32H,7-10,19-20H2,1-6H3,(H,41,43)(H,42,44)/t31-,32-/m0/s1. The van der Waals surface area contributed by atoms with E-state index < -0.39 is 11.2 Å². The van der Waals surface area contributed by atoms with Crippen LogP contribution in [0.3, 0.4) is 0 Å². The number of carbonyl (C=O) groups excluding carboxylic acids is 2. The van der Waals surface area contributed by atoms with E-state index in [1.807, 2.05) is 41.5 Å². The second-order valence-electron chi connectivity index (χ2n) is 15.7. The van der Waals surface area contributed by atoms with Crippen molar-refractivity contribution >= 4 is 55.8 Å². The predicted octanol–water partition coefficient (Wildman–Crippen LogP) is 9.56. The number of nitrogens with one attached hydrogen (secondary N) is 2. The van der Waals surface area contributed by atoms with E-state index in [1.54, 1.807) is 9.80 Å². The number of H-pyrrole nitrogens is 2. The highest BCUT2D eigenvalue weighted by atomic mass is 16.6. The van der Waals surface area contributed by atoms with Crippen LogP contribution in [-0.4, -0.2) is 66.2 Å². The number of hydrogen-bond acceptors (Lipinski definition) is 6. The van der Waals surface area contributed by atoms with Gasteiger partial charge in [-0.2, -0.15) is 0 Å². The fraction of sp³-hybridized carbons (Fsp3) is 0.400. The van der Waals surface area contributed by atoms with Crippen LogP contribution in [0.1, 0.15) is 91.0 Å². The van der Waals surface area contributed by atoms with Crippen molar-refractivity contribution in [3.05, 3.63) is 72.3 Å². The fourth-order valence-electron chi connectivity index (χ4n) is 7.50. The first kappa shape index (κ1) is 32.1. The lowest BCUT2D eigenvalue weighted by Gasteiger charge is -2.27.